The first kappa shape index (κ1) is 9.97. The Morgan fingerprint density at radius 3 is 2.80 bits per heavy atom. The maximum absolute atomic E-state index is 11.5. The molecule has 2 rings (SSSR count). The lowest BCUT2D eigenvalue weighted by Gasteiger charge is -2.08. The largest absolute Gasteiger partial charge is 0.369 e. The predicted octanol–water partition coefficient (Wildman–Crippen LogP) is -0.330. The number of nitrogens with one attached hydrogen (secondary N) is 1. The summed E-state index contributed by atoms with van der Waals surface area (Å²) in [5, 5.41) is 11.6. The van der Waals surface area contributed by atoms with Gasteiger partial charge in [0.1, 0.15) is 5.92 Å². The van der Waals surface area contributed by atoms with Crippen molar-refractivity contribution in [3.63, 3.8) is 0 Å². The molecule has 0 bridgehead atoms. The van der Waals surface area contributed by atoms with Crippen molar-refractivity contribution < 1.29 is 9.59 Å². The van der Waals surface area contributed by atoms with Gasteiger partial charge in [-0.3, -0.25) is 9.59 Å². The Bertz CT molecular complexity index is 354. The summed E-state index contributed by atoms with van der Waals surface area (Å²) in [7, 11) is 0. The Morgan fingerprint density at radius 1 is 1.73 bits per heavy atom. The maximum atomic E-state index is 11.5. The molecule has 0 radical (unpaired) electrons. The quantitative estimate of drug-likeness (QED) is 0.663. The Labute approximate surface area is 87.6 Å². The second-order valence-electron chi connectivity index (χ2n) is 4.49. The molecule has 5 heteroatoms. The van der Waals surface area contributed by atoms with Gasteiger partial charge in [0.05, 0.1) is 6.07 Å². The van der Waals surface area contributed by atoms with Gasteiger partial charge in [0.25, 0.3) is 0 Å². The average Bonchev–Trinajstić information content (AvgIpc) is 2.83. The molecule has 2 atom stereocenters. The molecule has 2 aliphatic rings. The number of nitrogens with zero attached hydrogens (tertiary/aromatic N) is 1. The number of primary amides is 1. The monoisotopic (exact) mass is 207 g/mol. The van der Waals surface area contributed by atoms with Crippen LogP contribution in [0.15, 0.2) is 0 Å². The lowest BCUT2D eigenvalue weighted by Crippen LogP contribution is -2.29. The zero-order valence-corrected chi connectivity index (χ0v) is 8.32. The summed E-state index contributed by atoms with van der Waals surface area (Å²) in [6.07, 6.45) is 3.04. The number of hydrogen-bond acceptors (Lipinski definition) is 3. The summed E-state index contributed by atoms with van der Waals surface area (Å²) in [6, 6.07) is 1.84. The zero-order valence-electron chi connectivity index (χ0n) is 8.32. The molecular formula is C10H13N3O2. The van der Waals surface area contributed by atoms with Crippen molar-refractivity contribution in [2.75, 3.05) is 0 Å². The standard InChI is InChI=1S/C10H13N3O2/c11-5-7(8(12)14)3-6-4-10(1-2-10)13-9(6)15/h6-7H,1-4H2,(H2,12,14)(H,13,15). The van der Waals surface area contributed by atoms with E-state index in [-0.39, 0.29) is 23.8 Å². The highest BCUT2D eigenvalue weighted by molar-refractivity contribution is 5.85. The van der Waals surface area contributed by atoms with Crippen molar-refractivity contribution in [1.82, 2.24) is 5.32 Å². The van der Waals surface area contributed by atoms with Crippen molar-refractivity contribution >= 4 is 11.8 Å². The van der Waals surface area contributed by atoms with Crippen molar-refractivity contribution in [3.8, 4) is 6.07 Å². The third-order valence-corrected chi connectivity index (χ3v) is 3.27. The molecule has 15 heavy (non-hydrogen) atoms. The van der Waals surface area contributed by atoms with E-state index in [4.69, 9.17) is 11.0 Å². The molecule has 0 aromatic carbocycles. The van der Waals surface area contributed by atoms with Gasteiger partial charge < -0.3 is 11.1 Å². The van der Waals surface area contributed by atoms with E-state index in [0.717, 1.165) is 19.3 Å². The van der Waals surface area contributed by atoms with E-state index in [1.807, 2.05) is 6.07 Å². The molecule has 0 aromatic rings. The van der Waals surface area contributed by atoms with E-state index >= 15 is 0 Å². The molecule has 2 fully saturated rings. The molecule has 1 heterocycles. The predicted molar refractivity (Wildman–Crippen MR) is 51.1 cm³/mol. The van der Waals surface area contributed by atoms with Crippen LogP contribution in [0.25, 0.3) is 0 Å². The highest BCUT2D eigenvalue weighted by Crippen LogP contribution is 2.46. The van der Waals surface area contributed by atoms with Crippen LogP contribution in [0.1, 0.15) is 25.7 Å². The third-order valence-electron chi connectivity index (χ3n) is 3.27. The van der Waals surface area contributed by atoms with Crippen LogP contribution in [0, 0.1) is 23.2 Å². The van der Waals surface area contributed by atoms with E-state index in [9.17, 15) is 9.59 Å². The van der Waals surface area contributed by atoms with Crippen LogP contribution in [0.3, 0.4) is 0 Å². The van der Waals surface area contributed by atoms with Crippen LogP contribution < -0.4 is 11.1 Å². The number of carbonyl (C=O) groups is 2. The number of hydrogen-bond donors (Lipinski definition) is 2. The molecule has 2 amide bonds. The maximum Gasteiger partial charge on any atom is 0.234 e. The summed E-state index contributed by atoms with van der Waals surface area (Å²) >= 11 is 0. The fraction of sp³-hybridized carbons (Fsp3) is 0.700. The molecule has 0 aromatic heterocycles. The number of amides is 2. The first-order valence-corrected chi connectivity index (χ1v) is 5.07. The van der Waals surface area contributed by atoms with Gasteiger partial charge in [-0.1, -0.05) is 0 Å². The Hall–Kier alpha value is -1.57. The SMILES string of the molecule is N#CC(CC1CC2(CC2)NC1=O)C(N)=O. The van der Waals surface area contributed by atoms with Crippen LogP contribution in [0.2, 0.25) is 0 Å². The molecule has 1 spiro atoms. The van der Waals surface area contributed by atoms with Crippen molar-refractivity contribution in [2.45, 2.75) is 31.2 Å². The Kier molecular flexibility index (Phi) is 2.14. The highest BCUT2D eigenvalue weighted by Gasteiger charge is 2.52. The van der Waals surface area contributed by atoms with Crippen LogP contribution in [0.5, 0.6) is 0 Å². The first-order valence-electron chi connectivity index (χ1n) is 5.07. The number of nitrogens with two attached hydrogens (primary N) is 1. The van der Waals surface area contributed by atoms with Gasteiger partial charge in [-0.2, -0.15) is 5.26 Å². The minimum atomic E-state index is -0.838. The second kappa shape index (κ2) is 3.23. The van der Waals surface area contributed by atoms with Crippen molar-refractivity contribution in [3.05, 3.63) is 0 Å². The van der Waals surface area contributed by atoms with Crippen molar-refractivity contribution in [2.24, 2.45) is 17.6 Å². The summed E-state index contributed by atoms with van der Waals surface area (Å²) in [5.41, 5.74) is 5.06. The van der Waals surface area contributed by atoms with E-state index in [1.54, 1.807) is 0 Å². The lowest BCUT2D eigenvalue weighted by molar-refractivity contribution is -0.124. The fourth-order valence-corrected chi connectivity index (χ4v) is 2.17. The normalized spacial score (nSPS) is 28.2. The average molecular weight is 207 g/mol. The van der Waals surface area contributed by atoms with Gasteiger partial charge in [0, 0.05) is 11.5 Å². The van der Waals surface area contributed by atoms with Gasteiger partial charge in [-0.25, -0.2) is 0 Å². The second-order valence-corrected chi connectivity index (χ2v) is 4.49. The summed E-state index contributed by atoms with van der Waals surface area (Å²) in [6.45, 7) is 0. The molecule has 80 valence electrons. The molecule has 1 aliphatic heterocycles. The molecular weight excluding hydrogens is 194 g/mol. The molecule has 1 saturated carbocycles. The van der Waals surface area contributed by atoms with E-state index in [0.29, 0.717) is 0 Å². The number of rotatable bonds is 3. The van der Waals surface area contributed by atoms with E-state index in [1.165, 1.54) is 0 Å². The van der Waals surface area contributed by atoms with Gasteiger partial charge in [0.2, 0.25) is 11.8 Å². The van der Waals surface area contributed by atoms with Crippen LogP contribution in [0.4, 0.5) is 0 Å². The molecule has 2 unspecified atom stereocenters. The number of carbonyl (C=O) groups excluding carboxylic acids is 2. The van der Waals surface area contributed by atoms with Gasteiger partial charge >= 0.3 is 0 Å². The third kappa shape index (κ3) is 1.80. The fourth-order valence-electron chi connectivity index (χ4n) is 2.17. The smallest absolute Gasteiger partial charge is 0.234 e. The van der Waals surface area contributed by atoms with Crippen molar-refractivity contribution in [1.29, 1.82) is 5.26 Å². The van der Waals surface area contributed by atoms with Crippen LogP contribution in [-0.2, 0) is 9.59 Å². The Morgan fingerprint density at radius 2 is 2.40 bits per heavy atom. The highest BCUT2D eigenvalue weighted by atomic mass is 16.2. The van der Waals surface area contributed by atoms with Gasteiger partial charge in [0.15, 0.2) is 0 Å². The summed E-state index contributed by atoms with van der Waals surface area (Å²) in [4.78, 5) is 22.4. The van der Waals surface area contributed by atoms with E-state index in [2.05, 4.69) is 5.32 Å². The zero-order chi connectivity index (χ0) is 11.1. The lowest BCUT2D eigenvalue weighted by atomic mass is 9.92. The molecule has 5 nitrogen and oxygen atoms in total. The van der Waals surface area contributed by atoms with Gasteiger partial charge in [-0.05, 0) is 25.7 Å². The molecule has 3 N–H and O–H groups in total. The minimum Gasteiger partial charge on any atom is -0.369 e. The van der Waals surface area contributed by atoms with Crippen LogP contribution >= 0.6 is 0 Å². The topological polar surface area (TPSA) is 96.0 Å². The first-order chi connectivity index (χ1) is 7.06. The van der Waals surface area contributed by atoms with E-state index < -0.39 is 11.8 Å². The minimum absolute atomic E-state index is 0.000593. The van der Waals surface area contributed by atoms with Gasteiger partial charge in [-0.15, -0.1) is 0 Å². The van der Waals surface area contributed by atoms with Crippen LogP contribution in [-0.4, -0.2) is 17.4 Å². The number of nitriles is 1. The molecule has 1 saturated heterocycles. The summed E-state index contributed by atoms with van der Waals surface area (Å²) in [5.74, 6) is -1.73. The molecule has 1 aliphatic carbocycles. The summed E-state index contributed by atoms with van der Waals surface area (Å²) < 4.78 is 0. The Balaban J connectivity index is 1.98.